The maximum Gasteiger partial charge on any atom is 0.232 e. The van der Waals surface area contributed by atoms with Crippen LogP contribution in [0.4, 0.5) is 8.78 Å². The van der Waals surface area contributed by atoms with Gasteiger partial charge < -0.3 is 14.2 Å². The molecule has 29 heavy (non-hydrogen) atoms. The van der Waals surface area contributed by atoms with Gasteiger partial charge in [0.15, 0.2) is 11.6 Å². The molecule has 0 aliphatic carbocycles. The molecule has 150 valence electrons. The number of carbonyl (C=O) groups is 1. The van der Waals surface area contributed by atoms with Crippen LogP contribution in [0.2, 0.25) is 5.02 Å². The second-order valence-corrected chi connectivity index (χ2v) is 7.12. The maximum atomic E-state index is 13.9. The molecule has 3 aromatic rings. The van der Waals surface area contributed by atoms with Crippen LogP contribution in [0.3, 0.4) is 0 Å². The van der Waals surface area contributed by atoms with Crippen molar-refractivity contribution >= 4 is 17.5 Å². The Hall–Kier alpha value is -3.00. The Kier molecular flexibility index (Phi) is 5.19. The topological polar surface area (TPSA) is 68.5 Å². The number of rotatable bonds is 5. The first-order valence-electron chi connectivity index (χ1n) is 8.84. The number of amides is 1. The van der Waals surface area contributed by atoms with Crippen molar-refractivity contribution in [3.05, 3.63) is 64.5 Å². The Morgan fingerprint density at radius 3 is 2.83 bits per heavy atom. The summed E-state index contributed by atoms with van der Waals surface area (Å²) in [6, 6.07) is 8.44. The number of hydrogen-bond donors (Lipinski definition) is 0. The van der Waals surface area contributed by atoms with E-state index in [2.05, 4.69) is 10.1 Å². The molecule has 1 amide bonds. The van der Waals surface area contributed by atoms with Crippen molar-refractivity contribution in [1.82, 2.24) is 15.0 Å². The molecule has 0 spiro atoms. The predicted molar refractivity (Wildman–Crippen MR) is 100 cm³/mol. The quantitative estimate of drug-likeness (QED) is 0.620. The second-order valence-electron chi connectivity index (χ2n) is 6.72. The number of hydrogen-bond acceptors (Lipinski definition) is 5. The van der Waals surface area contributed by atoms with E-state index in [9.17, 15) is 13.6 Å². The van der Waals surface area contributed by atoms with Crippen molar-refractivity contribution in [2.45, 2.75) is 18.9 Å². The molecule has 1 aliphatic heterocycles. The van der Waals surface area contributed by atoms with Crippen LogP contribution in [0.1, 0.15) is 23.8 Å². The highest BCUT2D eigenvalue weighted by Gasteiger charge is 2.34. The predicted octanol–water partition coefficient (Wildman–Crippen LogP) is 4.19. The fraction of sp³-hybridized carbons (Fsp3) is 0.250. The molecule has 1 saturated heterocycles. The minimum atomic E-state index is -0.533. The van der Waals surface area contributed by atoms with Gasteiger partial charge in [0.05, 0.1) is 13.0 Å². The van der Waals surface area contributed by atoms with Crippen molar-refractivity contribution in [2.24, 2.45) is 0 Å². The number of carbonyl (C=O) groups excluding carboxylic acids is 1. The van der Waals surface area contributed by atoms with Crippen LogP contribution in [-0.4, -0.2) is 34.6 Å². The van der Waals surface area contributed by atoms with E-state index >= 15 is 0 Å². The average molecular weight is 420 g/mol. The van der Waals surface area contributed by atoms with Crippen molar-refractivity contribution in [1.29, 1.82) is 0 Å². The fourth-order valence-corrected chi connectivity index (χ4v) is 3.50. The number of halogens is 3. The number of benzene rings is 2. The van der Waals surface area contributed by atoms with E-state index in [1.54, 1.807) is 17.0 Å². The lowest BCUT2D eigenvalue weighted by Crippen LogP contribution is -2.24. The minimum absolute atomic E-state index is 0.0920. The number of likely N-dealkylation sites (tertiary alicyclic amines) is 1. The van der Waals surface area contributed by atoms with Crippen LogP contribution in [0, 0.1) is 11.6 Å². The zero-order chi connectivity index (χ0) is 20.5. The molecule has 0 N–H and O–H groups in total. The van der Waals surface area contributed by atoms with Crippen LogP contribution in [0.15, 0.2) is 40.9 Å². The highest BCUT2D eigenvalue weighted by molar-refractivity contribution is 6.31. The highest BCUT2D eigenvalue weighted by atomic mass is 35.5. The summed E-state index contributed by atoms with van der Waals surface area (Å²) in [5, 5.41) is 4.17. The van der Waals surface area contributed by atoms with Gasteiger partial charge in [0.25, 0.3) is 0 Å². The third-order valence-electron chi connectivity index (χ3n) is 4.79. The van der Waals surface area contributed by atoms with Crippen LogP contribution in [0.5, 0.6) is 5.75 Å². The Labute approximate surface area is 170 Å². The minimum Gasteiger partial charge on any atom is -0.494 e. The van der Waals surface area contributed by atoms with E-state index < -0.39 is 11.6 Å². The summed E-state index contributed by atoms with van der Waals surface area (Å²) < 4.78 is 37.3. The lowest BCUT2D eigenvalue weighted by atomic mass is 10.1. The van der Waals surface area contributed by atoms with E-state index in [0.717, 1.165) is 0 Å². The largest absolute Gasteiger partial charge is 0.494 e. The van der Waals surface area contributed by atoms with E-state index in [4.69, 9.17) is 20.9 Å². The van der Waals surface area contributed by atoms with Crippen LogP contribution < -0.4 is 4.74 Å². The Morgan fingerprint density at radius 1 is 1.28 bits per heavy atom. The lowest BCUT2D eigenvalue weighted by molar-refractivity contribution is -0.128. The number of ether oxygens (including phenoxy) is 1. The molecule has 1 aliphatic rings. The van der Waals surface area contributed by atoms with Crippen LogP contribution in [0.25, 0.3) is 11.4 Å². The summed E-state index contributed by atoms with van der Waals surface area (Å²) in [4.78, 5) is 18.3. The van der Waals surface area contributed by atoms with Crippen molar-refractivity contribution in [2.75, 3.05) is 13.7 Å². The van der Waals surface area contributed by atoms with Gasteiger partial charge in [0, 0.05) is 30.1 Å². The highest BCUT2D eigenvalue weighted by Crippen LogP contribution is 2.31. The molecule has 1 unspecified atom stereocenters. The van der Waals surface area contributed by atoms with E-state index in [1.165, 1.54) is 31.4 Å². The molecular formula is C20H16ClF2N3O3. The summed E-state index contributed by atoms with van der Waals surface area (Å²) in [6.45, 7) is 0.629. The van der Waals surface area contributed by atoms with Gasteiger partial charge in [-0.2, -0.15) is 4.98 Å². The summed E-state index contributed by atoms with van der Waals surface area (Å²) in [5.41, 5.74) is 1.10. The van der Waals surface area contributed by atoms with Gasteiger partial charge in [-0.1, -0.05) is 22.8 Å². The number of aromatic nitrogens is 2. The van der Waals surface area contributed by atoms with Gasteiger partial charge >= 0.3 is 0 Å². The fourth-order valence-electron chi connectivity index (χ4n) is 3.27. The molecule has 1 aromatic heterocycles. The van der Waals surface area contributed by atoms with Crippen LogP contribution in [-0.2, 0) is 11.3 Å². The SMILES string of the molecule is COc1ccc(-c2noc(C3CC(=O)N(Cc4ccc(F)cc4Cl)C3)n2)cc1F. The monoisotopic (exact) mass is 419 g/mol. The first-order chi connectivity index (χ1) is 13.9. The molecule has 2 aromatic carbocycles. The number of nitrogens with zero attached hydrogens (tertiary/aromatic N) is 3. The Bertz CT molecular complexity index is 1070. The molecule has 0 saturated carbocycles. The first kappa shape index (κ1) is 19.3. The van der Waals surface area contributed by atoms with Gasteiger partial charge in [-0.3, -0.25) is 4.79 Å². The van der Waals surface area contributed by atoms with Crippen molar-refractivity contribution in [3.8, 4) is 17.1 Å². The van der Waals surface area contributed by atoms with E-state index in [-0.39, 0.29) is 41.4 Å². The Balaban J connectivity index is 1.49. The van der Waals surface area contributed by atoms with Crippen molar-refractivity contribution in [3.63, 3.8) is 0 Å². The molecule has 4 rings (SSSR count). The third-order valence-corrected chi connectivity index (χ3v) is 5.14. The number of methoxy groups -OCH3 is 1. The van der Waals surface area contributed by atoms with Gasteiger partial charge in [0.1, 0.15) is 5.82 Å². The maximum absolute atomic E-state index is 13.9. The lowest BCUT2D eigenvalue weighted by Gasteiger charge is -2.17. The Morgan fingerprint density at radius 2 is 2.10 bits per heavy atom. The molecule has 2 heterocycles. The van der Waals surface area contributed by atoms with Crippen molar-refractivity contribution < 1.29 is 22.8 Å². The summed E-state index contributed by atoms with van der Waals surface area (Å²) >= 11 is 6.06. The van der Waals surface area contributed by atoms with Gasteiger partial charge in [-0.05, 0) is 35.9 Å². The molecule has 1 atom stereocenters. The molecule has 1 fully saturated rings. The van der Waals surface area contributed by atoms with Gasteiger partial charge in [-0.25, -0.2) is 8.78 Å². The molecule has 0 bridgehead atoms. The molecule has 9 heteroatoms. The van der Waals surface area contributed by atoms with Gasteiger partial charge in [0.2, 0.25) is 17.6 Å². The van der Waals surface area contributed by atoms with E-state index in [1.807, 2.05) is 0 Å². The van der Waals surface area contributed by atoms with Gasteiger partial charge in [-0.15, -0.1) is 0 Å². The van der Waals surface area contributed by atoms with E-state index in [0.29, 0.717) is 23.6 Å². The zero-order valence-corrected chi connectivity index (χ0v) is 16.1. The molecular weight excluding hydrogens is 404 g/mol. The first-order valence-corrected chi connectivity index (χ1v) is 9.21. The third kappa shape index (κ3) is 3.93. The van der Waals surface area contributed by atoms with Crippen LogP contribution >= 0.6 is 11.6 Å². The summed E-state index contributed by atoms with van der Waals surface area (Å²) in [6.07, 6.45) is 0.206. The summed E-state index contributed by atoms with van der Waals surface area (Å²) in [7, 11) is 1.38. The zero-order valence-electron chi connectivity index (χ0n) is 15.4. The standard InChI is InChI=1S/C20H16ClF2N3O3/c1-28-17-5-3-11(6-16(17)23)19-24-20(29-25-19)13-7-18(27)26(10-13)9-12-2-4-14(22)8-15(12)21/h2-6,8,13H,7,9-10H2,1H3. The normalized spacial score (nSPS) is 16.5. The second kappa shape index (κ2) is 7.79. The molecule has 6 nitrogen and oxygen atoms in total. The average Bonchev–Trinajstić information content (AvgIpc) is 3.31. The smallest absolute Gasteiger partial charge is 0.232 e. The summed E-state index contributed by atoms with van der Waals surface area (Å²) in [5.74, 6) is -0.690. The molecule has 0 radical (unpaired) electrons.